The molecule has 1 atom stereocenters. The van der Waals surface area contributed by atoms with Gasteiger partial charge in [0.1, 0.15) is 0 Å². The summed E-state index contributed by atoms with van der Waals surface area (Å²) in [6.45, 7) is 2.18. The smallest absolute Gasteiger partial charge is 0.253 e. The zero-order chi connectivity index (χ0) is 19.9. The van der Waals surface area contributed by atoms with Crippen LogP contribution in [0, 0.1) is 0 Å². The number of sulfonamides is 1. The lowest BCUT2D eigenvalue weighted by molar-refractivity contribution is 0.0785. The number of benzene rings is 2. The van der Waals surface area contributed by atoms with Crippen LogP contribution >= 0.6 is 23.2 Å². The Morgan fingerprint density at radius 2 is 1.96 bits per heavy atom. The monoisotopic (exact) mass is 426 g/mol. The minimum absolute atomic E-state index is 0.164. The van der Waals surface area contributed by atoms with E-state index in [4.69, 9.17) is 23.2 Å². The van der Waals surface area contributed by atoms with Crippen molar-refractivity contribution < 1.29 is 13.2 Å². The molecule has 27 heavy (non-hydrogen) atoms. The van der Waals surface area contributed by atoms with Crippen LogP contribution in [0.4, 0.5) is 5.69 Å². The molecule has 3 rings (SSSR count). The lowest BCUT2D eigenvalue weighted by atomic mass is 10.1. The van der Waals surface area contributed by atoms with Crippen molar-refractivity contribution in [2.45, 2.75) is 25.9 Å². The third kappa shape index (κ3) is 3.93. The number of rotatable bonds is 4. The average Bonchev–Trinajstić information content (AvgIpc) is 2.93. The molecule has 0 aromatic heterocycles. The molecule has 0 saturated carbocycles. The topological polar surface area (TPSA) is 57.7 Å². The summed E-state index contributed by atoms with van der Waals surface area (Å²) in [5.74, 6) is -0.167. The molecular formula is C19H20Cl2N2O3S. The van der Waals surface area contributed by atoms with Crippen LogP contribution in [-0.2, 0) is 23.0 Å². The Labute approximate surface area is 169 Å². The first-order valence-electron chi connectivity index (χ1n) is 8.40. The summed E-state index contributed by atoms with van der Waals surface area (Å²) in [4.78, 5) is 14.4. The number of nitrogens with zero attached hydrogens (tertiary/aromatic N) is 2. The molecule has 0 saturated heterocycles. The zero-order valence-corrected chi connectivity index (χ0v) is 17.6. The molecule has 0 spiro atoms. The van der Waals surface area contributed by atoms with Gasteiger partial charge in [-0.1, -0.05) is 35.3 Å². The fourth-order valence-electron chi connectivity index (χ4n) is 3.46. The molecule has 1 amide bonds. The van der Waals surface area contributed by atoms with Crippen LogP contribution in [0.3, 0.4) is 0 Å². The van der Waals surface area contributed by atoms with Gasteiger partial charge in [0.25, 0.3) is 5.91 Å². The highest BCUT2D eigenvalue weighted by Crippen LogP contribution is 2.35. The van der Waals surface area contributed by atoms with Gasteiger partial charge in [-0.25, -0.2) is 8.42 Å². The number of carbonyl (C=O) groups excluding carboxylic acids is 1. The summed E-state index contributed by atoms with van der Waals surface area (Å²) in [5, 5.41) is 0.882. The van der Waals surface area contributed by atoms with Crippen LogP contribution in [-0.4, -0.2) is 38.6 Å². The maximum atomic E-state index is 12.8. The van der Waals surface area contributed by atoms with Crippen molar-refractivity contribution in [3.63, 3.8) is 0 Å². The molecule has 0 unspecified atom stereocenters. The Balaban J connectivity index is 1.84. The molecular weight excluding hydrogens is 407 g/mol. The number of anilines is 1. The fourth-order valence-corrected chi connectivity index (χ4v) is 5.10. The van der Waals surface area contributed by atoms with Crippen molar-refractivity contribution >= 4 is 44.8 Å². The number of fused-ring (bicyclic) bond motifs is 1. The Hall–Kier alpha value is -1.76. The van der Waals surface area contributed by atoms with Gasteiger partial charge in [0.15, 0.2) is 0 Å². The second-order valence-electron chi connectivity index (χ2n) is 6.83. The highest BCUT2D eigenvalue weighted by molar-refractivity contribution is 7.92. The number of carbonyl (C=O) groups is 1. The van der Waals surface area contributed by atoms with Crippen molar-refractivity contribution in [2.75, 3.05) is 17.6 Å². The molecule has 0 N–H and O–H groups in total. The normalized spacial score (nSPS) is 16.3. The van der Waals surface area contributed by atoms with Crippen LogP contribution in [0.2, 0.25) is 10.0 Å². The molecule has 0 aliphatic carbocycles. The number of hydrogen-bond donors (Lipinski definition) is 0. The second-order valence-corrected chi connectivity index (χ2v) is 9.47. The molecule has 1 aliphatic rings. The van der Waals surface area contributed by atoms with E-state index in [9.17, 15) is 13.2 Å². The molecule has 144 valence electrons. The van der Waals surface area contributed by atoms with E-state index in [0.29, 0.717) is 34.3 Å². The van der Waals surface area contributed by atoms with E-state index in [0.717, 1.165) is 11.1 Å². The summed E-state index contributed by atoms with van der Waals surface area (Å²) in [6.07, 6.45) is 1.77. The summed E-state index contributed by atoms with van der Waals surface area (Å²) in [5.41, 5.74) is 2.77. The SMILES string of the molecule is C[C@@H]1Cc2cc(C(=O)N(C)Cc3cccc(Cl)c3Cl)ccc2N1S(C)(=O)=O. The third-order valence-electron chi connectivity index (χ3n) is 4.62. The van der Waals surface area contributed by atoms with Crippen LogP contribution < -0.4 is 4.31 Å². The molecule has 2 aromatic carbocycles. The Morgan fingerprint density at radius 3 is 2.63 bits per heavy atom. The maximum absolute atomic E-state index is 12.8. The molecule has 0 fully saturated rings. The van der Waals surface area contributed by atoms with Gasteiger partial charge in [-0.05, 0) is 48.7 Å². The third-order valence-corrected chi connectivity index (χ3v) is 6.75. The van der Waals surface area contributed by atoms with E-state index in [1.165, 1.54) is 10.6 Å². The molecule has 1 heterocycles. The molecule has 2 aromatic rings. The van der Waals surface area contributed by atoms with E-state index < -0.39 is 10.0 Å². The van der Waals surface area contributed by atoms with Crippen LogP contribution in [0.1, 0.15) is 28.4 Å². The first-order chi connectivity index (χ1) is 12.6. The first kappa shape index (κ1) is 20.0. The predicted octanol–water partition coefficient (Wildman–Crippen LogP) is 3.98. The predicted molar refractivity (Wildman–Crippen MR) is 109 cm³/mol. The summed E-state index contributed by atoms with van der Waals surface area (Å²) in [6, 6.07) is 10.3. The quantitative estimate of drug-likeness (QED) is 0.742. The van der Waals surface area contributed by atoms with E-state index in [2.05, 4.69) is 0 Å². The average molecular weight is 427 g/mol. The van der Waals surface area contributed by atoms with E-state index in [1.807, 2.05) is 13.0 Å². The van der Waals surface area contributed by atoms with Gasteiger partial charge in [-0.2, -0.15) is 0 Å². The highest BCUT2D eigenvalue weighted by atomic mass is 35.5. The van der Waals surface area contributed by atoms with Gasteiger partial charge in [0, 0.05) is 25.2 Å². The molecule has 5 nitrogen and oxygen atoms in total. The molecule has 0 bridgehead atoms. The van der Waals surface area contributed by atoms with Crippen LogP contribution in [0.15, 0.2) is 36.4 Å². The molecule has 8 heteroatoms. The number of hydrogen-bond acceptors (Lipinski definition) is 3. The van der Waals surface area contributed by atoms with Crippen molar-refractivity contribution in [3.8, 4) is 0 Å². The molecule has 0 radical (unpaired) electrons. The standard InChI is InChI=1S/C19H20Cl2N2O3S/c1-12-9-15-10-13(7-8-17(15)23(12)27(3,25)26)19(24)22(2)11-14-5-4-6-16(20)18(14)21/h4-8,10,12H,9,11H2,1-3H3/t12-/m1/s1. The summed E-state index contributed by atoms with van der Waals surface area (Å²) >= 11 is 12.2. The first-order valence-corrected chi connectivity index (χ1v) is 11.0. The van der Waals surface area contributed by atoms with Gasteiger partial charge in [0.05, 0.1) is 22.0 Å². The van der Waals surface area contributed by atoms with E-state index in [1.54, 1.807) is 42.3 Å². The Kier molecular flexibility index (Phi) is 5.43. The maximum Gasteiger partial charge on any atom is 0.253 e. The van der Waals surface area contributed by atoms with Gasteiger partial charge in [-0.15, -0.1) is 0 Å². The van der Waals surface area contributed by atoms with Crippen molar-refractivity contribution in [2.24, 2.45) is 0 Å². The highest BCUT2D eigenvalue weighted by Gasteiger charge is 2.33. The summed E-state index contributed by atoms with van der Waals surface area (Å²) < 4.78 is 25.5. The minimum Gasteiger partial charge on any atom is -0.337 e. The van der Waals surface area contributed by atoms with Gasteiger partial charge < -0.3 is 4.90 Å². The van der Waals surface area contributed by atoms with Crippen LogP contribution in [0.25, 0.3) is 0 Å². The van der Waals surface area contributed by atoms with Crippen LogP contribution in [0.5, 0.6) is 0 Å². The number of halogens is 2. The zero-order valence-electron chi connectivity index (χ0n) is 15.2. The Bertz CT molecular complexity index is 1010. The lowest BCUT2D eigenvalue weighted by Gasteiger charge is -2.22. The van der Waals surface area contributed by atoms with Crippen molar-refractivity contribution in [1.29, 1.82) is 0 Å². The number of amides is 1. The molecule has 1 aliphatic heterocycles. The van der Waals surface area contributed by atoms with Gasteiger partial charge >= 0.3 is 0 Å². The van der Waals surface area contributed by atoms with Crippen molar-refractivity contribution in [3.05, 3.63) is 63.1 Å². The van der Waals surface area contributed by atoms with Crippen molar-refractivity contribution in [1.82, 2.24) is 4.90 Å². The van der Waals surface area contributed by atoms with Gasteiger partial charge in [0.2, 0.25) is 10.0 Å². The Morgan fingerprint density at radius 1 is 1.26 bits per heavy atom. The minimum atomic E-state index is -3.35. The largest absolute Gasteiger partial charge is 0.337 e. The lowest BCUT2D eigenvalue weighted by Crippen LogP contribution is -2.34. The summed E-state index contributed by atoms with van der Waals surface area (Å²) in [7, 11) is -1.66. The van der Waals surface area contributed by atoms with Gasteiger partial charge in [-0.3, -0.25) is 9.10 Å². The second kappa shape index (κ2) is 7.34. The van der Waals surface area contributed by atoms with E-state index >= 15 is 0 Å². The fraction of sp³-hybridized carbons (Fsp3) is 0.316. The van der Waals surface area contributed by atoms with E-state index in [-0.39, 0.29) is 11.9 Å².